The molecular formula is C18H16N4O2. The third kappa shape index (κ3) is 2.42. The average Bonchev–Trinajstić information content (AvgIpc) is 3.22. The summed E-state index contributed by atoms with van der Waals surface area (Å²) < 4.78 is 5.05. The van der Waals surface area contributed by atoms with Crippen LogP contribution in [0.2, 0.25) is 0 Å². The van der Waals surface area contributed by atoms with Crippen LogP contribution in [0, 0.1) is 0 Å². The van der Waals surface area contributed by atoms with Crippen molar-refractivity contribution in [3.05, 3.63) is 59.9 Å². The fourth-order valence-electron chi connectivity index (χ4n) is 2.97. The first-order chi connectivity index (χ1) is 11.8. The highest BCUT2D eigenvalue weighted by Crippen LogP contribution is 2.29. The number of carbonyl (C=O) groups is 1. The number of carbonyl (C=O) groups excluding carboxylic acids is 1. The Hall–Kier alpha value is -3.15. The molecule has 3 aromatic heterocycles. The van der Waals surface area contributed by atoms with Crippen LogP contribution in [0.5, 0.6) is 0 Å². The molecule has 3 heterocycles. The smallest absolute Gasteiger partial charge is 0.356 e. The lowest BCUT2D eigenvalue weighted by Gasteiger charge is -2.03. The maximum atomic E-state index is 12.0. The largest absolute Gasteiger partial charge is 0.461 e. The Morgan fingerprint density at radius 2 is 2.17 bits per heavy atom. The summed E-state index contributed by atoms with van der Waals surface area (Å²) in [6, 6.07) is 7.89. The maximum absolute atomic E-state index is 12.0. The van der Waals surface area contributed by atoms with E-state index in [4.69, 9.17) is 4.74 Å². The summed E-state index contributed by atoms with van der Waals surface area (Å²) >= 11 is 0. The van der Waals surface area contributed by atoms with E-state index in [0.717, 1.165) is 33.2 Å². The van der Waals surface area contributed by atoms with Crippen LogP contribution >= 0.6 is 0 Å². The van der Waals surface area contributed by atoms with Gasteiger partial charge in [0.2, 0.25) is 0 Å². The van der Waals surface area contributed by atoms with Crippen molar-refractivity contribution in [2.45, 2.75) is 13.3 Å². The molecule has 4 rings (SSSR count). The third-order valence-electron chi connectivity index (χ3n) is 3.99. The summed E-state index contributed by atoms with van der Waals surface area (Å²) in [5, 5.41) is 2.04. The Labute approximate surface area is 137 Å². The molecule has 0 saturated heterocycles. The normalized spacial score (nSPS) is 11.2. The van der Waals surface area contributed by atoms with Gasteiger partial charge in [0, 0.05) is 35.1 Å². The van der Waals surface area contributed by atoms with Gasteiger partial charge in [-0.1, -0.05) is 12.1 Å². The summed E-state index contributed by atoms with van der Waals surface area (Å²) in [5.74, 6) is 0.494. The Morgan fingerprint density at radius 1 is 1.25 bits per heavy atom. The summed E-state index contributed by atoms with van der Waals surface area (Å²) in [6.45, 7) is 2.11. The van der Waals surface area contributed by atoms with E-state index in [1.165, 1.54) is 0 Å². The van der Waals surface area contributed by atoms with Gasteiger partial charge in [-0.05, 0) is 24.6 Å². The zero-order valence-corrected chi connectivity index (χ0v) is 13.2. The molecule has 0 aliphatic heterocycles. The molecule has 0 saturated carbocycles. The number of nitrogens with one attached hydrogen (secondary N) is 2. The van der Waals surface area contributed by atoms with E-state index in [9.17, 15) is 4.79 Å². The van der Waals surface area contributed by atoms with Crippen LogP contribution in [0.3, 0.4) is 0 Å². The molecule has 0 aliphatic rings. The van der Waals surface area contributed by atoms with Gasteiger partial charge < -0.3 is 14.7 Å². The van der Waals surface area contributed by atoms with E-state index in [2.05, 4.69) is 26.0 Å². The second-order valence-electron chi connectivity index (χ2n) is 5.51. The lowest BCUT2D eigenvalue weighted by molar-refractivity contribution is 0.0520. The molecule has 2 N–H and O–H groups in total. The molecule has 0 atom stereocenters. The first-order valence-electron chi connectivity index (χ1n) is 7.81. The molecule has 6 heteroatoms. The predicted molar refractivity (Wildman–Crippen MR) is 90.9 cm³/mol. The first kappa shape index (κ1) is 14.4. The van der Waals surface area contributed by atoms with Crippen molar-refractivity contribution in [2.75, 3.05) is 6.61 Å². The summed E-state index contributed by atoms with van der Waals surface area (Å²) in [7, 11) is 0. The number of aromatic nitrogens is 4. The van der Waals surface area contributed by atoms with Gasteiger partial charge in [-0.25, -0.2) is 14.8 Å². The topological polar surface area (TPSA) is 83.7 Å². The van der Waals surface area contributed by atoms with Crippen molar-refractivity contribution in [1.29, 1.82) is 0 Å². The van der Waals surface area contributed by atoms with Gasteiger partial charge in [-0.2, -0.15) is 0 Å². The molecule has 120 valence electrons. The standard InChI is InChI=1S/C18H16N4O2/c1-2-24-18(23)14-9-12-15(10-21-14)22-13-5-3-4-11(17(12)13)8-16-19-6-7-20-16/h3-7,9-10,22H,2,8H2,1H3,(H,19,20). The zero-order chi connectivity index (χ0) is 16.5. The zero-order valence-electron chi connectivity index (χ0n) is 13.2. The Morgan fingerprint density at radius 3 is 2.96 bits per heavy atom. The van der Waals surface area contributed by atoms with E-state index in [-0.39, 0.29) is 0 Å². The molecule has 0 radical (unpaired) electrons. The third-order valence-corrected chi connectivity index (χ3v) is 3.99. The van der Waals surface area contributed by atoms with Crippen LogP contribution in [0.4, 0.5) is 0 Å². The van der Waals surface area contributed by atoms with Gasteiger partial charge in [0.25, 0.3) is 0 Å². The number of imidazole rings is 1. The molecule has 0 amide bonds. The van der Waals surface area contributed by atoms with Gasteiger partial charge >= 0.3 is 5.97 Å². The summed E-state index contributed by atoms with van der Waals surface area (Å²) in [5.41, 5.74) is 3.36. The first-order valence-corrected chi connectivity index (χ1v) is 7.81. The second kappa shape index (κ2) is 5.81. The Bertz CT molecular complexity index is 1020. The van der Waals surface area contributed by atoms with Crippen molar-refractivity contribution in [1.82, 2.24) is 19.9 Å². The number of esters is 1. The fraction of sp³-hybridized carbons (Fsp3) is 0.167. The monoisotopic (exact) mass is 320 g/mol. The predicted octanol–water partition coefficient (Wildman–Crippen LogP) is 3.21. The summed E-state index contributed by atoms with van der Waals surface area (Å²) in [6.07, 6.45) is 5.92. The number of aromatic amines is 2. The lowest BCUT2D eigenvalue weighted by Crippen LogP contribution is -2.06. The minimum Gasteiger partial charge on any atom is -0.461 e. The number of benzene rings is 1. The van der Waals surface area contributed by atoms with Gasteiger partial charge in [0.1, 0.15) is 11.5 Å². The summed E-state index contributed by atoms with van der Waals surface area (Å²) in [4.78, 5) is 27.0. The van der Waals surface area contributed by atoms with Crippen LogP contribution in [0.15, 0.2) is 42.9 Å². The highest BCUT2D eigenvalue weighted by Gasteiger charge is 2.14. The van der Waals surface area contributed by atoms with E-state index >= 15 is 0 Å². The van der Waals surface area contributed by atoms with Crippen molar-refractivity contribution < 1.29 is 9.53 Å². The fourth-order valence-corrected chi connectivity index (χ4v) is 2.97. The minimum atomic E-state index is -0.405. The minimum absolute atomic E-state index is 0.318. The molecule has 0 bridgehead atoms. The highest BCUT2D eigenvalue weighted by molar-refractivity contribution is 6.10. The molecule has 24 heavy (non-hydrogen) atoms. The number of fused-ring (bicyclic) bond motifs is 3. The Kier molecular flexibility index (Phi) is 3.49. The van der Waals surface area contributed by atoms with Crippen molar-refractivity contribution in [3.63, 3.8) is 0 Å². The van der Waals surface area contributed by atoms with Crippen molar-refractivity contribution in [2.24, 2.45) is 0 Å². The maximum Gasteiger partial charge on any atom is 0.356 e. The van der Waals surface area contributed by atoms with E-state index in [1.807, 2.05) is 18.3 Å². The van der Waals surface area contributed by atoms with Crippen LogP contribution < -0.4 is 0 Å². The van der Waals surface area contributed by atoms with Crippen LogP contribution in [0.1, 0.15) is 28.8 Å². The van der Waals surface area contributed by atoms with Gasteiger partial charge in [-0.15, -0.1) is 0 Å². The molecule has 0 unspecified atom stereocenters. The number of nitrogens with zero attached hydrogens (tertiary/aromatic N) is 2. The molecule has 6 nitrogen and oxygen atoms in total. The Balaban J connectivity index is 1.89. The number of H-pyrrole nitrogens is 2. The van der Waals surface area contributed by atoms with Gasteiger partial charge in [0.15, 0.2) is 0 Å². The number of rotatable bonds is 4. The second-order valence-corrected chi connectivity index (χ2v) is 5.51. The van der Waals surface area contributed by atoms with Crippen molar-refractivity contribution in [3.8, 4) is 0 Å². The van der Waals surface area contributed by atoms with Gasteiger partial charge in [-0.3, -0.25) is 0 Å². The van der Waals surface area contributed by atoms with E-state index in [0.29, 0.717) is 18.7 Å². The van der Waals surface area contributed by atoms with Crippen molar-refractivity contribution >= 4 is 27.8 Å². The molecular weight excluding hydrogens is 304 g/mol. The highest BCUT2D eigenvalue weighted by atomic mass is 16.5. The van der Waals surface area contributed by atoms with Crippen LogP contribution in [-0.4, -0.2) is 32.5 Å². The molecule has 0 spiro atoms. The van der Waals surface area contributed by atoms with Gasteiger partial charge in [0.05, 0.1) is 18.3 Å². The average molecular weight is 320 g/mol. The number of ether oxygens (including phenoxy) is 1. The van der Waals surface area contributed by atoms with E-state index < -0.39 is 5.97 Å². The van der Waals surface area contributed by atoms with E-state index in [1.54, 1.807) is 25.4 Å². The lowest BCUT2D eigenvalue weighted by atomic mass is 10.0. The number of hydrogen-bond donors (Lipinski definition) is 2. The van der Waals surface area contributed by atoms with Crippen LogP contribution in [0.25, 0.3) is 21.8 Å². The quantitative estimate of drug-likeness (QED) is 0.566. The SMILES string of the molecule is CCOC(=O)c1cc2c(cn1)[nH]c1cccc(Cc3ncc[nH]3)c12. The molecule has 0 fully saturated rings. The molecule has 4 aromatic rings. The number of hydrogen-bond acceptors (Lipinski definition) is 4. The number of pyridine rings is 1. The molecule has 0 aliphatic carbocycles. The van der Waals surface area contributed by atoms with Crippen LogP contribution in [-0.2, 0) is 11.2 Å². The molecule has 1 aromatic carbocycles.